The fraction of sp³-hybridized carbons (Fsp3) is 0.429. The number of hydrogen-bond acceptors (Lipinski definition) is 3. The molecule has 1 aliphatic rings. The molecule has 3 unspecified atom stereocenters. The fourth-order valence-electron chi connectivity index (χ4n) is 1.95. The molecule has 0 aromatic heterocycles. The Hall–Kier alpha value is -1.56. The number of aliphatic carboxylic acids is 1. The van der Waals surface area contributed by atoms with Crippen LogP contribution in [0.5, 0.6) is 5.75 Å². The van der Waals surface area contributed by atoms with Gasteiger partial charge in [-0.1, -0.05) is 22.0 Å². The molecule has 0 aliphatic heterocycles. The van der Waals surface area contributed by atoms with E-state index in [-0.39, 0.29) is 17.9 Å². The molecule has 6 heteroatoms. The molecule has 1 saturated carbocycles. The molecule has 108 valence electrons. The molecule has 1 aromatic carbocycles. The summed E-state index contributed by atoms with van der Waals surface area (Å²) in [7, 11) is 0. The van der Waals surface area contributed by atoms with Crippen molar-refractivity contribution in [2.75, 3.05) is 6.54 Å². The Labute approximate surface area is 125 Å². The maximum atomic E-state index is 11.7. The number of hydrogen-bond donors (Lipinski definition) is 2. The van der Waals surface area contributed by atoms with E-state index in [0.717, 1.165) is 10.2 Å². The maximum Gasteiger partial charge on any atom is 0.307 e. The van der Waals surface area contributed by atoms with E-state index in [1.54, 1.807) is 0 Å². The van der Waals surface area contributed by atoms with Crippen LogP contribution in [0.15, 0.2) is 28.7 Å². The van der Waals surface area contributed by atoms with E-state index in [9.17, 15) is 9.59 Å². The van der Waals surface area contributed by atoms with Gasteiger partial charge in [0.15, 0.2) is 0 Å². The third-order valence-electron chi connectivity index (χ3n) is 3.14. The molecule has 20 heavy (non-hydrogen) atoms. The normalized spacial score (nSPS) is 21.9. The summed E-state index contributed by atoms with van der Waals surface area (Å²) >= 11 is 3.36. The molecule has 0 heterocycles. The second-order valence-corrected chi connectivity index (χ2v) is 5.83. The smallest absolute Gasteiger partial charge is 0.307 e. The number of nitrogens with one attached hydrogen (secondary N) is 1. The Morgan fingerprint density at radius 3 is 2.85 bits per heavy atom. The molecule has 1 amide bonds. The minimum absolute atomic E-state index is 0.185. The van der Waals surface area contributed by atoms with Crippen LogP contribution in [0.1, 0.15) is 13.3 Å². The van der Waals surface area contributed by atoms with Gasteiger partial charge in [-0.15, -0.1) is 0 Å². The minimum Gasteiger partial charge on any atom is -0.489 e. The summed E-state index contributed by atoms with van der Waals surface area (Å²) in [6.07, 6.45) is 0.248. The SMILES string of the molecule is CC(CNC(=O)C1CC1C(=O)O)Oc1cccc(Br)c1. The van der Waals surface area contributed by atoms with Crippen LogP contribution >= 0.6 is 15.9 Å². The third-order valence-corrected chi connectivity index (χ3v) is 3.63. The average molecular weight is 342 g/mol. The summed E-state index contributed by atoms with van der Waals surface area (Å²) in [5, 5.41) is 11.5. The number of rotatable bonds is 6. The lowest BCUT2D eigenvalue weighted by Gasteiger charge is -2.15. The molecule has 5 nitrogen and oxygen atoms in total. The van der Waals surface area contributed by atoms with Crippen LogP contribution in [-0.2, 0) is 9.59 Å². The number of amides is 1. The second kappa shape index (κ2) is 6.26. The van der Waals surface area contributed by atoms with Crippen LogP contribution in [0.25, 0.3) is 0 Å². The molecular weight excluding hydrogens is 326 g/mol. The van der Waals surface area contributed by atoms with Crippen molar-refractivity contribution in [3.8, 4) is 5.75 Å². The van der Waals surface area contributed by atoms with E-state index >= 15 is 0 Å². The fourth-order valence-corrected chi connectivity index (χ4v) is 2.33. The number of benzene rings is 1. The first-order valence-corrected chi connectivity index (χ1v) is 7.19. The molecule has 2 N–H and O–H groups in total. The van der Waals surface area contributed by atoms with Crippen molar-refractivity contribution >= 4 is 27.8 Å². The van der Waals surface area contributed by atoms with Gasteiger partial charge in [-0.3, -0.25) is 9.59 Å². The van der Waals surface area contributed by atoms with Crippen LogP contribution < -0.4 is 10.1 Å². The Kier molecular flexibility index (Phi) is 4.65. The quantitative estimate of drug-likeness (QED) is 0.830. The van der Waals surface area contributed by atoms with Gasteiger partial charge in [0.1, 0.15) is 11.9 Å². The summed E-state index contributed by atoms with van der Waals surface area (Å²) in [6.45, 7) is 2.21. The van der Waals surface area contributed by atoms with E-state index in [1.807, 2.05) is 31.2 Å². The topological polar surface area (TPSA) is 75.6 Å². The highest BCUT2D eigenvalue weighted by Gasteiger charge is 2.48. The molecule has 0 saturated heterocycles. The Morgan fingerprint density at radius 1 is 1.50 bits per heavy atom. The summed E-state index contributed by atoms with van der Waals surface area (Å²) in [6, 6.07) is 7.45. The lowest BCUT2D eigenvalue weighted by atomic mass is 10.3. The van der Waals surface area contributed by atoms with Gasteiger partial charge < -0.3 is 15.2 Å². The molecule has 0 radical (unpaired) electrons. The highest BCUT2D eigenvalue weighted by Crippen LogP contribution is 2.38. The van der Waals surface area contributed by atoms with E-state index in [2.05, 4.69) is 21.2 Å². The molecular formula is C14H16BrNO4. The van der Waals surface area contributed by atoms with E-state index in [4.69, 9.17) is 9.84 Å². The van der Waals surface area contributed by atoms with Crippen molar-refractivity contribution in [2.45, 2.75) is 19.4 Å². The van der Waals surface area contributed by atoms with Crippen molar-refractivity contribution < 1.29 is 19.4 Å². The van der Waals surface area contributed by atoms with Crippen molar-refractivity contribution in [1.29, 1.82) is 0 Å². The van der Waals surface area contributed by atoms with Gasteiger partial charge in [-0.05, 0) is 31.5 Å². The number of carbonyl (C=O) groups excluding carboxylic acids is 1. The highest BCUT2D eigenvalue weighted by molar-refractivity contribution is 9.10. The molecule has 0 bridgehead atoms. The predicted molar refractivity (Wildman–Crippen MR) is 76.5 cm³/mol. The van der Waals surface area contributed by atoms with E-state index < -0.39 is 11.9 Å². The van der Waals surface area contributed by atoms with Crippen LogP contribution in [0.3, 0.4) is 0 Å². The van der Waals surface area contributed by atoms with Crippen LogP contribution in [0.4, 0.5) is 0 Å². The van der Waals surface area contributed by atoms with Crippen LogP contribution in [-0.4, -0.2) is 29.6 Å². The Morgan fingerprint density at radius 2 is 2.25 bits per heavy atom. The minimum atomic E-state index is -0.899. The zero-order valence-electron chi connectivity index (χ0n) is 11.0. The lowest BCUT2D eigenvalue weighted by molar-refractivity contribution is -0.140. The Balaban J connectivity index is 1.74. The average Bonchev–Trinajstić information content (AvgIpc) is 3.16. The first-order valence-electron chi connectivity index (χ1n) is 6.40. The number of carboxylic acids is 1. The zero-order valence-corrected chi connectivity index (χ0v) is 12.6. The number of ether oxygens (including phenoxy) is 1. The van der Waals surface area contributed by atoms with Crippen LogP contribution in [0, 0.1) is 11.8 Å². The van der Waals surface area contributed by atoms with E-state index in [1.165, 1.54) is 0 Å². The third kappa shape index (κ3) is 3.96. The van der Waals surface area contributed by atoms with Gasteiger partial charge in [0.05, 0.1) is 18.4 Å². The second-order valence-electron chi connectivity index (χ2n) is 4.92. The zero-order chi connectivity index (χ0) is 14.7. The summed E-state index contributed by atoms with van der Waals surface area (Å²) in [5.74, 6) is -1.29. The first-order chi connectivity index (χ1) is 9.47. The predicted octanol–water partition coefficient (Wildman–Crippen LogP) is 2.05. The Bertz CT molecular complexity index is 520. The first kappa shape index (κ1) is 14.8. The molecule has 1 aliphatic carbocycles. The number of halogens is 1. The summed E-state index contributed by atoms with van der Waals surface area (Å²) in [4.78, 5) is 22.4. The summed E-state index contributed by atoms with van der Waals surface area (Å²) < 4.78 is 6.58. The molecule has 2 rings (SSSR count). The lowest BCUT2D eigenvalue weighted by Crippen LogP contribution is -2.35. The van der Waals surface area contributed by atoms with Gasteiger partial charge in [-0.2, -0.15) is 0 Å². The monoisotopic (exact) mass is 341 g/mol. The number of carboxylic acid groups (broad SMARTS) is 1. The van der Waals surface area contributed by atoms with Gasteiger partial charge >= 0.3 is 5.97 Å². The van der Waals surface area contributed by atoms with Crippen molar-refractivity contribution in [1.82, 2.24) is 5.32 Å². The van der Waals surface area contributed by atoms with Crippen molar-refractivity contribution in [3.63, 3.8) is 0 Å². The molecule has 3 atom stereocenters. The largest absolute Gasteiger partial charge is 0.489 e. The maximum absolute atomic E-state index is 11.7. The standard InChI is InChI=1S/C14H16BrNO4/c1-8(20-10-4-2-3-9(15)5-10)7-16-13(17)11-6-12(11)14(18)19/h2-5,8,11-12H,6-7H2,1H3,(H,16,17)(H,18,19). The highest BCUT2D eigenvalue weighted by atomic mass is 79.9. The molecule has 1 aromatic rings. The molecule has 1 fully saturated rings. The number of carbonyl (C=O) groups is 2. The van der Waals surface area contributed by atoms with Gasteiger partial charge in [0.25, 0.3) is 0 Å². The van der Waals surface area contributed by atoms with Crippen molar-refractivity contribution in [3.05, 3.63) is 28.7 Å². The van der Waals surface area contributed by atoms with Gasteiger partial charge in [0, 0.05) is 4.47 Å². The van der Waals surface area contributed by atoms with E-state index in [0.29, 0.717) is 13.0 Å². The van der Waals surface area contributed by atoms with Crippen LogP contribution in [0.2, 0.25) is 0 Å². The van der Waals surface area contributed by atoms with Gasteiger partial charge in [0.2, 0.25) is 5.91 Å². The van der Waals surface area contributed by atoms with Crippen molar-refractivity contribution in [2.24, 2.45) is 11.8 Å². The van der Waals surface area contributed by atoms with Gasteiger partial charge in [-0.25, -0.2) is 0 Å². The molecule has 0 spiro atoms. The summed E-state index contributed by atoms with van der Waals surface area (Å²) in [5.41, 5.74) is 0.